The lowest BCUT2D eigenvalue weighted by atomic mass is 10.1. The molecular formula is C31H26N4O5S2. The normalized spacial score (nSPS) is 16.9. The molecule has 0 N–H and O–H groups in total. The van der Waals surface area contributed by atoms with Gasteiger partial charge in [0.25, 0.3) is 11.5 Å². The molecule has 0 unspecified atom stereocenters. The van der Waals surface area contributed by atoms with Gasteiger partial charge in [-0.05, 0) is 43.3 Å². The number of aromatic nitrogens is 1. The van der Waals surface area contributed by atoms with Gasteiger partial charge in [-0.2, -0.15) is 10.1 Å². The summed E-state index contributed by atoms with van der Waals surface area (Å²) in [5.41, 5.74) is 2.22. The average molecular weight is 599 g/mol. The lowest BCUT2D eigenvalue weighted by Crippen LogP contribution is -2.35. The molecule has 212 valence electrons. The fraction of sp³-hybridized carbons (Fsp3) is 0.161. The Kier molecular flexibility index (Phi) is 7.44. The van der Waals surface area contributed by atoms with Crippen LogP contribution in [-0.4, -0.2) is 42.9 Å². The highest BCUT2D eigenvalue weighted by molar-refractivity contribution is 8.08. The minimum absolute atomic E-state index is 0.189. The summed E-state index contributed by atoms with van der Waals surface area (Å²) in [5, 5.41) is 6.58. The highest BCUT2D eigenvalue weighted by Crippen LogP contribution is 2.46. The molecule has 42 heavy (non-hydrogen) atoms. The quantitative estimate of drug-likeness (QED) is 0.313. The second-order valence-electron chi connectivity index (χ2n) is 9.37. The second-order valence-corrected chi connectivity index (χ2v) is 11.4. The van der Waals surface area contributed by atoms with E-state index in [4.69, 9.17) is 9.47 Å². The number of benzene rings is 3. The van der Waals surface area contributed by atoms with Crippen LogP contribution in [0.3, 0.4) is 0 Å². The molecule has 3 aromatic carbocycles. The summed E-state index contributed by atoms with van der Waals surface area (Å²) in [5.74, 6) is -0.223. The largest absolute Gasteiger partial charge is 0.497 e. The number of carbonyl (C=O) groups excluding carboxylic acids is 2. The number of amides is 1. The van der Waals surface area contributed by atoms with Gasteiger partial charge in [0.15, 0.2) is 0 Å². The Morgan fingerprint density at radius 1 is 0.952 bits per heavy atom. The second kappa shape index (κ2) is 11.3. The van der Waals surface area contributed by atoms with E-state index in [1.54, 1.807) is 38.3 Å². The summed E-state index contributed by atoms with van der Waals surface area (Å²) in [4.78, 5) is 43.9. The summed E-state index contributed by atoms with van der Waals surface area (Å²) in [7, 11) is 3.51. The standard InChI is InChI=1S/C31H26N4O5S2/c1-4-40-25(36)18-22-26(28(37)35(32-22)20-13-9-6-10-14-20)30-34(19-11-7-5-8-12-19)29(38)27(42-30)31-33(2)23-17-21(39-3)15-16-24(23)41-31/h5-17H,4,18H2,1-3H3. The molecule has 6 rings (SSSR count). The third-order valence-corrected chi connectivity index (χ3v) is 9.31. The van der Waals surface area contributed by atoms with E-state index in [9.17, 15) is 14.4 Å². The van der Waals surface area contributed by atoms with Crippen molar-refractivity contribution < 1.29 is 19.1 Å². The van der Waals surface area contributed by atoms with Crippen LogP contribution in [-0.2, 0) is 14.3 Å². The molecule has 1 amide bonds. The Morgan fingerprint density at radius 2 is 1.64 bits per heavy atom. The first-order valence-corrected chi connectivity index (χ1v) is 14.8. The minimum atomic E-state index is -0.508. The Balaban J connectivity index is 1.63. The maximum absolute atomic E-state index is 14.3. The van der Waals surface area contributed by atoms with Gasteiger partial charge in [0.05, 0.1) is 42.9 Å². The van der Waals surface area contributed by atoms with Crippen LogP contribution in [0.1, 0.15) is 13.3 Å². The predicted molar refractivity (Wildman–Crippen MR) is 166 cm³/mol. The highest BCUT2D eigenvalue weighted by atomic mass is 32.2. The molecule has 9 nitrogen and oxygen atoms in total. The number of hydrogen-bond acceptors (Lipinski definition) is 9. The van der Waals surface area contributed by atoms with Gasteiger partial charge in [-0.3, -0.25) is 19.0 Å². The van der Waals surface area contributed by atoms with E-state index in [0.717, 1.165) is 15.6 Å². The number of ether oxygens (including phenoxy) is 2. The molecule has 2 aliphatic rings. The molecule has 0 atom stereocenters. The van der Waals surface area contributed by atoms with Crippen molar-refractivity contribution in [2.45, 2.75) is 18.2 Å². The lowest BCUT2D eigenvalue weighted by Gasteiger charge is -2.13. The van der Waals surface area contributed by atoms with Gasteiger partial charge < -0.3 is 14.4 Å². The molecule has 3 heterocycles. The van der Waals surface area contributed by atoms with Crippen molar-refractivity contribution in [3.8, 4) is 11.4 Å². The molecule has 0 spiro atoms. The van der Waals surface area contributed by atoms with E-state index in [1.165, 1.54) is 32.7 Å². The molecule has 0 saturated carbocycles. The smallest absolute Gasteiger partial charge is 0.311 e. The molecule has 11 heteroatoms. The Bertz CT molecular complexity index is 1920. The van der Waals surface area contributed by atoms with Crippen molar-refractivity contribution in [1.29, 1.82) is 0 Å². The van der Waals surface area contributed by atoms with Crippen LogP contribution in [0, 0.1) is 0 Å². The summed E-state index contributed by atoms with van der Waals surface area (Å²) in [6.45, 7) is 1.92. The third-order valence-electron chi connectivity index (χ3n) is 6.79. The zero-order valence-electron chi connectivity index (χ0n) is 23.1. The monoisotopic (exact) mass is 598 g/mol. The van der Waals surface area contributed by atoms with Gasteiger partial charge in [0.2, 0.25) is 0 Å². The average Bonchev–Trinajstić information content (AvgIpc) is 3.63. The molecular weight excluding hydrogens is 572 g/mol. The third kappa shape index (κ3) is 4.80. The van der Waals surface area contributed by atoms with E-state index in [2.05, 4.69) is 5.10 Å². The number of thiazole rings is 1. The van der Waals surface area contributed by atoms with Crippen molar-refractivity contribution in [2.24, 2.45) is 5.10 Å². The molecule has 0 fully saturated rings. The van der Waals surface area contributed by atoms with Gasteiger partial charge in [0, 0.05) is 18.0 Å². The van der Waals surface area contributed by atoms with E-state index in [-0.39, 0.29) is 29.9 Å². The number of rotatable bonds is 6. The van der Waals surface area contributed by atoms with Crippen molar-refractivity contribution >= 4 is 62.7 Å². The van der Waals surface area contributed by atoms with Crippen molar-refractivity contribution in [3.05, 3.63) is 98.4 Å². The number of fused-ring (bicyclic) bond motifs is 1. The van der Waals surface area contributed by atoms with Gasteiger partial charge >= 0.3 is 5.97 Å². The van der Waals surface area contributed by atoms with Gasteiger partial charge in [-0.25, -0.2) is 0 Å². The molecule has 0 radical (unpaired) electrons. The zero-order chi connectivity index (χ0) is 29.4. The van der Waals surface area contributed by atoms with Gasteiger partial charge in [-0.15, -0.1) is 11.3 Å². The number of methoxy groups -OCH3 is 1. The van der Waals surface area contributed by atoms with Crippen molar-refractivity contribution in [3.63, 3.8) is 0 Å². The number of para-hydroxylation sites is 2. The fourth-order valence-corrected chi connectivity index (χ4v) is 7.31. The molecule has 1 aromatic heterocycles. The number of anilines is 2. The summed E-state index contributed by atoms with van der Waals surface area (Å²) < 4.78 is 13.0. The van der Waals surface area contributed by atoms with Crippen LogP contribution in [0.25, 0.3) is 16.3 Å². The van der Waals surface area contributed by atoms with E-state index in [1.807, 2.05) is 66.5 Å². The van der Waals surface area contributed by atoms with Gasteiger partial charge in [0.1, 0.15) is 25.5 Å². The van der Waals surface area contributed by atoms with Gasteiger partial charge in [-0.1, -0.05) is 48.2 Å². The molecule has 0 bridgehead atoms. The lowest BCUT2D eigenvalue weighted by molar-refractivity contribution is -0.141. The van der Waals surface area contributed by atoms with Crippen LogP contribution in [0.2, 0.25) is 0 Å². The topological polar surface area (TPSA) is 93.4 Å². The number of hydrogen-bond donors (Lipinski definition) is 0. The fourth-order valence-electron chi connectivity index (χ4n) is 4.82. The summed E-state index contributed by atoms with van der Waals surface area (Å²) in [6.07, 6.45) is -0.217. The SMILES string of the molecule is CCOC(=O)CC1=NN(c2ccccc2)C(=O)C1=c1sc(=C2Sc3ccc(OC)cc3N2C)c(=O)n1-c1ccccc1. The van der Waals surface area contributed by atoms with Crippen LogP contribution >= 0.6 is 23.1 Å². The Labute approximate surface area is 249 Å². The van der Waals surface area contributed by atoms with Crippen LogP contribution in [0.15, 0.2) is 93.7 Å². The van der Waals surface area contributed by atoms with E-state index < -0.39 is 11.9 Å². The predicted octanol–water partition coefficient (Wildman–Crippen LogP) is 3.72. The molecule has 0 aliphatic carbocycles. The summed E-state index contributed by atoms with van der Waals surface area (Å²) >= 11 is 2.69. The molecule has 0 saturated heterocycles. The molecule has 4 aromatic rings. The zero-order valence-corrected chi connectivity index (χ0v) is 24.7. The number of hydrazone groups is 1. The first-order chi connectivity index (χ1) is 20.4. The maximum Gasteiger partial charge on any atom is 0.311 e. The van der Waals surface area contributed by atoms with Crippen LogP contribution < -0.4 is 29.4 Å². The van der Waals surface area contributed by atoms with Crippen molar-refractivity contribution in [1.82, 2.24) is 4.57 Å². The number of thioether (sulfide) groups is 1. The van der Waals surface area contributed by atoms with Crippen LogP contribution in [0.5, 0.6) is 5.75 Å². The number of carbonyl (C=O) groups is 2. The first kappa shape index (κ1) is 27.6. The number of esters is 1. The van der Waals surface area contributed by atoms with Crippen LogP contribution in [0.4, 0.5) is 11.4 Å². The summed E-state index contributed by atoms with van der Waals surface area (Å²) in [6, 6.07) is 23.9. The Morgan fingerprint density at radius 3 is 2.31 bits per heavy atom. The number of nitrogens with zero attached hydrogens (tertiary/aromatic N) is 4. The Hall–Kier alpha value is -4.61. The van der Waals surface area contributed by atoms with E-state index >= 15 is 0 Å². The highest BCUT2D eigenvalue weighted by Gasteiger charge is 2.35. The molecule has 2 aliphatic heterocycles. The maximum atomic E-state index is 14.3. The van der Waals surface area contributed by atoms with Crippen molar-refractivity contribution in [2.75, 3.05) is 30.7 Å². The van der Waals surface area contributed by atoms with E-state index in [0.29, 0.717) is 26.3 Å². The minimum Gasteiger partial charge on any atom is -0.497 e. The first-order valence-electron chi connectivity index (χ1n) is 13.2.